The van der Waals surface area contributed by atoms with Gasteiger partial charge in [-0.15, -0.1) is 0 Å². The molecular formula is C12H8BrFO2. The van der Waals surface area contributed by atoms with Crippen LogP contribution in [0.4, 0.5) is 4.39 Å². The molecule has 0 saturated carbocycles. The van der Waals surface area contributed by atoms with Crippen molar-refractivity contribution < 1.29 is 13.6 Å². The van der Waals surface area contributed by atoms with Crippen LogP contribution < -0.4 is 0 Å². The minimum Gasteiger partial charge on any atom is -0.461 e. The normalized spacial score (nSPS) is 10.4. The van der Waals surface area contributed by atoms with Crippen molar-refractivity contribution in [1.29, 1.82) is 0 Å². The highest BCUT2D eigenvalue weighted by Gasteiger charge is 2.18. The number of halogens is 2. The van der Waals surface area contributed by atoms with Crippen molar-refractivity contribution in [3.05, 3.63) is 57.7 Å². The lowest BCUT2D eigenvalue weighted by Gasteiger charge is -2.01. The van der Waals surface area contributed by atoms with E-state index in [0.717, 1.165) is 0 Å². The highest BCUT2D eigenvalue weighted by atomic mass is 79.9. The first-order valence-corrected chi connectivity index (χ1v) is 5.42. The molecule has 2 aromatic rings. The zero-order valence-corrected chi connectivity index (χ0v) is 10.0. The maximum Gasteiger partial charge on any atom is 0.231 e. The van der Waals surface area contributed by atoms with E-state index in [4.69, 9.17) is 4.42 Å². The van der Waals surface area contributed by atoms with E-state index in [1.165, 1.54) is 18.4 Å². The monoisotopic (exact) mass is 282 g/mol. The zero-order chi connectivity index (χ0) is 11.7. The molecule has 1 aromatic heterocycles. The Hall–Kier alpha value is -1.42. The first-order chi connectivity index (χ1) is 7.59. The number of aryl methyl sites for hydroxylation is 1. The van der Waals surface area contributed by atoms with Gasteiger partial charge in [0.25, 0.3) is 0 Å². The molecule has 16 heavy (non-hydrogen) atoms. The van der Waals surface area contributed by atoms with E-state index in [0.29, 0.717) is 10.0 Å². The highest BCUT2D eigenvalue weighted by Crippen LogP contribution is 2.20. The molecule has 2 rings (SSSR count). The molecule has 0 amide bonds. The third kappa shape index (κ3) is 1.93. The maximum atomic E-state index is 13.5. The summed E-state index contributed by atoms with van der Waals surface area (Å²) < 4.78 is 19.2. The van der Waals surface area contributed by atoms with E-state index in [-0.39, 0.29) is 11.3 Å². The Balaban J connectivity index is 2.49. The average molecular weight is 283 g/mol. The van der Waals surface area contributed by atoms with E-state index < -0.39 is 11.6 Å². The second-order valence-corrected chi connectivity index (χ2v) is 4.30. The summed E-state index contributed by atoms with van der Waals surface area (Å²) in [5.41, 5.74) is 0.705. The van der Waals surface area contributed by atoms with Crippen LogP contribution in [-0.2, 0) is 0 Å². The Bertz CT molecular complexity index is 546. The minimum absolute atomic E-state index is 0.00688. The molecule has 0 N–H and O–H groups in total. The fourth-order valence-electron chi connectivity index (χ4n) is 1.40. The summed E-state index contributed by atoms with van der Waals surface area (Å²) in [5.74, 6) is -0.817. The van der Waals surface area contributed by atoms with Gasteiger partial charge in [-0.1, -0.05) is 15.9 Å². The molecule has 0 spiro atoms. The van der Waals surface area contributed by atoms with Gasteiger partial charge in [0, 0.05) is 4.47 Å². The number of carbonyl (C=O) groups is 1. The molecule has 1 aromatic carbocycles. The van der Waals surface area contributed by atoms with Crippen LogP contribution in [0.3, 0.4) is 0 Å². The lowest BCUT2D eigenvalue weighted by atomic mass is 10.1. The van der Waals surface area contributed by atoms with Gasteiger partial charge in [0.2, 0.25) is 5.78 Å². The van der Waals surface area contributed by atoms with Gasteiger partial charge in [-0.05, 0) is 36.8 Å². The predicted octanol–water partition coefficient (Wildman–Crippen LogP) is 3.72. The quantitative estimate of drug-likeness (QED) is 0.786. The van der Waals surface area contributed by atoms with Gasteiger partial charge in [-0.25, -0.2) is 4.39 Å². The third-order valence-electron chi connectivity index (χ3n) is 2.24. The third-order valence-corrected chi connectivity index (χ3v) is 2.73. The number of rotatable bonds is 2. The summed E-state index contributed by atoms with van der Waals surface area (Å²) in [5, 5.41) is 0. The van der Waals surface area contributed by atoms with Crippen LogP contribution in [0.15, 0.2) is 39.4 Å². The molecule has 0 aliphatic carbocycles. The Morgan fingerprint density at radius 1 is 1.38 bits per heavy atom. The van der Waals surface area contributed by atoms with Gasteiger partial charge < -0.3 is 4.42 Å². The van der Waals surface area contributed by atoms with Crippen molar-refractivity contribution in [3.8, 4) is 0 Å². The van der Waals surface area contributed by atoms with Crippen LogP contribution >= 0.6 is 15.9 Å². The van der Waals surface area contributed by atoms with Gasteiger partial charge in [-0.2, -0.15) is 0 Å². The van der Waals surface area contributed by atoms with E-state index in [1.54, 1.807) is 19.1 Å². The maximum absolute atomic E-state index is 13.5. The van der Waals surface area contributed by atoms with E-state index in [9.17, 15) is 9.18 Å². The lowest BCUT2D eigenvalue weighted by molar-refractivity contribution is 0.100. The lowest BCUT2D eigenvalue weighted by Crippen LogP contribution is -2.04. The largest absolute Gasteiger partial charge is 0.461 e. The number of benzene rings is 1. The van der Waals surface area contributed by atoms with E-state index in [1.807, 2.05) is 0 Å². The van der Waals surface area contributed by atoms with Gasteiger partial charge >= 0.3 is 0 Å². The average Bonchev–Trinajstić information content (AvgIpc) is 2.67. The summed E-state index contributed by atoms with van der Waals surface area (Å²) in [7, 11) is 0. The number of hydrogen-bond donors (Lipinski definition) is 0. The summed E-state index contributed by atoms with van der Waals surface area (Å²) >= 11 is 3.20. The van der Waals surface area contributed by atoms with Crippen molar-refractivity contribution in [2.45, 2.75) is 6.92 Å². The Labute approximate surface area is 100 Å². The molecule has 2 nitrogen and oxygen atoms in total. The van der Waals surface area contributed by atoms with Crippen LogP contribution in [0, 0.1) is 12.7 Å². The minimum atomic E-state index is -0.552. The summed E-state index contributed by atoms with van der Waals surface area (Å²) in [4.78, 5) is 11.9. The van der Waals surface area contributed by atoms with Crippen LogP contribution in [0.25, 0.3) is 0 Å². The second kappa shape index (κ2) is 4.22. The van der Waals surface area contributed by atoms with E-state index in [2.05, 4.69) is 15.9 Å². The highest BCUT2D eigenvalue weighted by molar-refractivity contribution is 9.10. The molecule has 0 saturated heterocycles. The van der Waals surface area contributed by atoms with Crippen LogP contribution in [0.5, 0.6) is 0 Å². The van der Waals surface area contributed by atoms with E-state index >= 15 is 0 Å². The first kappa shape index (κ1) is 11.1. The van der Waals surface area contributed by atoms with Gasteiger partial charge in [0.1, 0.15) is 5.82 Å². The summed E-state index contributed by atoms with van der Waals surface area (Å²) in [6.45, 7) is 1.74. The van der Waals surface area contributed by atoms with Gasteiger partial charge in [-0.3, -0.25) is 4.79 Å². The predicted molar refractivity (Wildman–Crippen MR) is 61.0 cm³/mol. The Morgan fingerprint density at radius 3 is 2.75 bits per heavy atom. The van der Waals surface area contributed by atoms with Crippen molar-refractivity contribution >= 4 is 21.7 Å². The number of ketones is 1. The SMILES string of the molecule is Cc1ccoc1C(=O)c1cc(Br)ccc1F. The molecule has 0 aliphatic heterocycles. The fraction of sp³-hybridized carbons (Fsp3) is 0.0833. The number of carbonyl (C=O) groups excluding carboxylic acids is 1. The summed E-state index contributed by atoms with van der Waals surface area (Å²) in [6, 6.07) is 5.90. The molecule has 0 atom stereocenters. The van der Waals surface area contributed by atoms with Crippen molar-refractivity contribution in [1.82, 2.24) is 0 Å². The van der Waals surface area contributed by atoms with Crippen molar-refractivity contribution in [2.75, 3.05) is 0 Å². The zero-order valence-electron chi connectivity index (χ0n) is 8.46. The topological polar surface area (TPSA) is 30.2 Å². The standard InChI is InChI=1S/C12H8BrFO2/c1-7-4-5-16-12(7)11(15)9-6-8(13)2-3-10(9)14/h2-6H,1H3. The van der Waals surface area contributed by atoms with Gasteiger partial charge in [0.05, 0.1) is 11.8 Å². The molecule has 0 radical (unpaired) electrons. The Morgan fingerprint density at radius 2 is 2.12 bits per heavy atom. The van der Waals surface area contributed by atoms with Crippen LogP contribution in [0.1, 0.15) is 21.7 Å². The summed E-state index contributed by atoms with van der Waals surface area (Å²) in [6.07, 6.45) is 1.42. The van der Waals surface area contributed by atoms with Crippen LogP contribution in [0.2, 0.25) is 0 Å². The van der Waals surface area contributed by atoms with Gasteiger partial charge in [0.15, 0.2) is 5.76 Å². The molecule has 0 fully saturated rings. The molecule has 82 valence electrons. The molecule has 1 heterocycles. The smallest absolute Gasteiger partial charge is 0.231 e. The Kier molecular flexibility index (Phi) is 2.92. The molecule has 0 unspecified atom stereocenters. The molecule has 0 bridgehead atoms. The fourth-order valence-corrected chi connectivity index (χ4v) is 1.76. The number of hydrogen-bond acceptors (Lipinski definition) is 2. The first-order valence-electron chi connectivity index (χ1n) is 4.63. The molecule has 4 heteroatoms. The molecular weight excluding hydrogens is 275 g/mol. The van der Waals surface area contributed by atoms with Crippen molar-refractivity contribution in [3.63, 3.8) is 0 Å². The number of furan rings is 1. The van der Waals surface area contributed by atoms with Crippen LogP contribution in [-0.4, -0.2) is 5.78 Å². The molecule has 0 aliphatic rings. The second-order valence-electron chi connectivity index (χ2n) is 3.39. The van der Waals surface area contributed by atoms with Crippen molar-refractivity contribution in [2.24, 2.45) is 0 Å².